The number of ether oxygens (including phenoxy) is 1. The van der Waals surface area contributed by atoms with E-state index in [1.54, 1.807) is 0 Å². The Labute approximate surface area is 132 Å². The number of nitrogens with one attached hydrogen (secondary N) is 1. The number of rotatable bonds is 3. The monoisotopic (exact) mass is 309 g/mol. The van der Waals surface area contributed by atoms with Crippen LogP contribution in [0.2, 0.25) is 5.02 Å². The molecule has 1 aromatic rings. The zero-order valence-corrected chi connectivity index (χ0v) is 13.8. The van der Waals surface area contributed by atoms with Gasteiger partial charge in [-0.15, -0.1) is 0 Å². The van der Waals surface area contributed by atoms with Crippen LogP contribution in [0.4, 0.5) is 5.69 Å². The number of hydrogen-bond donors (Lipinski definition) is 1. The molecule has 0 radical (unpaired) electrons. The first-order valence-electron chi connectivity index (χ1n) is 7.49. The van der Waals surface area contributed by atoms with Gasteiger partial charge in [-0.2, -0.15) is 0 Å². The van der Waals surface area contributed by atoms with Crippen LogP contribution in [0.25, 0.3) is 0 Å². The van der Waals surface area contributed by atoms with Gasteiger partial charge in [0.25, 0.3) is 0 Å². The number of anilines is 1. The lowest BCUT2D eigenvalue weighted by Crippen LogP contribution is -2.47. The van der Waals surface area contributed by atoms with E-state index in [0.717, 1.165) is 37.8 Å². The van der Waals surface area contributed by atoms with E-state index >= 15 is 0 Å². The van der Waals surface area contributed by atoms with Gasteiger partial charge < -0.3 is 10.1 Å². The van der Waals surface area contributed by atoms with Crippen LogP contribution in [0.5, 0.6) is 0 Å². The normalized spacial score (nSPS) is 25.0. The van der Waals surface area contributed by atoms with Gasteiger partial charge in [-0.3, -0.25) is 0 Å². The van der Waals surface area contributed by atoms with E-state index in [1.165, 1.54) is 7.11 Å². The van der Waals surface area contributed by atoms with Gasteiger partial charge in [-0.25, -0.2) is 4.79 Å². The highest BCUT2D eigenvalue weighted by Crippen LogP contribution is 2.40. The first-order valence-corrected chi connectivity index (χ1v) is 7.87. The predicted molar refractivity (Wildman–Crippen MR) is 86.7 cm³/mol. The molecular formula is C17H24ClNO2. The molecule has 1 atom stereocenters. The van der Waals surface area contributed by atoms with Crippen molar-refractivity contribution in [3.05, 3.63) is 29.3 Å². The fourth-order valence-electron chi connectivity index (χ4n) is 3.06. The summed E-state index contributed by atoms with van der Waals surface area (Å²) in [5, 5.41) is 4.11. The van der Waals surface area contributed by atoms with Gasteiger partial charge in [0.2, 0.25) is 0 Å². The first-order chi connectivity index (χ1) is 9.87. The van der Waals surface area contributed by atoms with Crippen molar-refractivity contribution in [2.75, 3.05) is 12.4 Å². The number of carbonyl (C=O) groups is 1. The average Bonchev–Trinajstić information content (AvgIpc) is 2.60. The van der Waals surface area contributed by atoms with Gasteiger partial charge >= 0.3 is 5.97 Å². The number of carbonyl (C=O) groups excluding carboxylic acids is 1. The standard InChI is InChI=1S/C17H24ClNO2/c1-16(2)9-4-10-17(12-11-16,15(20)21-3)19-14-7-5-13(18)6-8-14/h5-8,19H,4,9-12H2,1-3H3. The lowest BCUT2D eigenvalue weighted by molar-refractivity contribution is -0.146. The molecule has 0 heterocycles. The summed E-state index contributed by atoms with van der Waals surface area (Å²) in [4.78, 5) is 12.4. The summed E-state index contributed by atoms with van der Waals surface area (Å²) in [5.74, 6) is -0.171. The molecule has 2 rings (SSSR count). The molecule has 0 spiro atoms. The molecule has 1 aliphatic carbocycles. The second-order valence-corrected chi connectivity index (χ2v) is 7.16. The highest BCUT2D eigenvalue weighted by molar-refractivity contribution is 6.30. The molecule has 1 aliphatic rings. The minimum atomic E-state index is -0.629. The van der Waals surface area contributed by atoms with Gasteiger partial charge in [-0.1, -0.05) is 25.4 Å². The van der Waals surface area contributed by atoms with Crippen molar-refractivity contribution >= 4 is 23.3 Å². The van der Waals surface area contributed by atoms with Crippen LogP contribution >= 0.6 is 11.6 Å². The Bertz CT molecular complexity index is 498. The van der Waals surface area contributed by atoms with Crippen molar-refractivity contribution in [1.29, 1.82) is 0 Å². The summed E-state index contributed by atoms with van der Waals surface area (Å²) in [6.07, 6.45) is 4.74. The van der Waals surface area contributed by atoms with Crippen LogP contribution in [0.3, 0.4) is 0 Å². The maximum atomic E-state index is 12.4. The van der Waals surface area contributed by atoms with Crippen molar-refractivity contribution < 1.29 is 9.53 Å². The molecule has 116 valence electrons. The molecule has 0 amide bonds. The fraction of sp³-hybridized carbons (Fsp3) is 0.588. The minimum absolute atomic E-state index is 0.171. The van der Waals surface area contributed by atoms with Crippen molar-refractivity contribution in [3.63, 3.8) is 0 Å². The van der Waals surface area contributed by atoms with Gasteiger partial charge in [0.05, 0.1) is 7.11 Å². The van der Waals surface area contributed by atoms with E-state index in [0.29, 0.717) is 5.02 Å². The number of methoxy groups -OCH3 is 1. The number of esters is 1. The number of benzene rings is 1. The maximum absolute atomic E-state index is 12.4. The molecule has 0 aromatic heterocycles. The summed E-state index contributed by atoms with van der Waals surface area (Å²) in [6.45, 7) is 4.53. The number of hydrogen-bond acceptors (Lipinski definition) is 3. The Hall–Kier alpha value is -1.22. The Morgan fingerprint density at radius 2 is 1.81 bits per heavy atom. The third kappa shape index (κ3) is 3.91. The molecule has 1 saturated carbocycles. The Kier molecular flexibility index (Phi) is 4.82. The highest BCUT2D eigenvalue weighted by Gasteiger charge is 2.42. The molecule has 1 unspecified atom stereocenters. The van der Waals surface area contributed by atoms with Crippen molar-refractivity contribution in [2.24, 2.45) is 5.41 Å². The second-order valence-electron chi connectivity index (χ2n) is 6.72. The third-order valence-corrected chi connectivity index (χ3v) is 4.74. The van der Waals surface area contributed by atoms with Crippen LogP contribution in [-0.2, 0) is 9.53 Å². The highest BCUT2D eigenvalue weighted by atomic mass is 35.5. The van der Waals surface area contributed by atoms with E-state index in [-0.39, 0.29) is 11.4 Å². The van der Waals surface area contributed by atoms with Crippen LogP contribution in [0, 0.1) is 5.41 Å². The Morgan fingerprint density at radius 1 is 1.14 bits per heavy atom. The molecule has 1 fully saturated rings. The maximum Gasteiger partial charge on any atom is 0.331 e. The summed E-state index contributed by atoms with van der Waals surface area (Å²) >= 11 is 5.92. The van der Waals surface area contributed by atoms with Crippen molar-refractivity contribution in [3.8, 4) is 0 Å². The van der Waals surface area contributed by atoms with E-state index in [2.05, 4.69) is 19.2 Å². The molecule has 21 heavy (non-hydrogen) atoms. The molecule has 3 nitrogen and oxygen atoms in total. The topological polar surface area (TPSA) is 38.3 Å². The van der Waals surface area contributed by atoms with Gasteiger partial charge in [0.15, 0.2) is 0 Å². The van der Waals surface area contributed by atoms with Gasteiger partial charge in [0.1, 0.15) is 5.54 Å². The predicted octanol–water partition coefficient (Wildman–Crippen LogP) is 4.65. The van der Waals surface area contributed by atoms with Crippen molar-refractivity contribution in [1.82, 2.24) is 0 Å². The molecule has 0 bridgehead atoms. The lowest BCUT2D eigenvalue weighted by atomic mass is 9.83. The van der Waals surface area contributed by atoms with Crippen LogP contribution in [-0.4, -0.2) is 18.6 Å². The van der Waals surface area contributed by atoms with E-state index in [9.17, 15) is 4.79 Å². The van der Waals surface area contributed by atoms with Gasteiger partial charge in [0, 0.05) is 10.7 Å². The second kappa shape index (κ2) is 6.27. The average molecular weight is 310 g/mol. The van der Waals surface area contributed by atoms with Crippen LogP contribution in [0.15, 0.2) is 24.3 Å². The first kappa shape index (κ1) is 16.2. The van der Waals surface area contributed by atoms with Crippen LogP contribution < -0.4 is 5.32 Å². The lowest BCUT2D eigenvalue weighted by Gasteiger charge is -2.32. The fourth-order valence-corrected chi connectivity index (χ4v) is 3.18. The summed E-state index contributed by atoms with van der Waals surface area (Å²) in [7, 11) is 1.46. The van der Waals surface area contributed by atoms with Gasteiger partial charge in [-0.05, 0) is 61.8 Å². The quantitative estimate of drug-likeness (QED) is 0.652. The number of halogens is 1. The summed E-state index contributed by atoms with van der Waals surface area (Å²) < 4.78 is 5.09. The third-order valence-electron chi connectivity index (χ3n) is 4.49. The molecular weight excluding hydrogens is 286 g/mol. The zero-order chi connectivity index (χ0) is 15.5. The molecule has 0 aliphatic heterocycles. The van der Waals surface area contributed by atoms with Crippen molar-refractivity contribution in [2.45, 2.75) is 51.5 Å². The zero-order valence-electron chi connectivity index (χ0n) is 13.0. The van der Waals surface area contributed by atoms with Crippen LogP contribution in [0.1, 0.15) is 46.0 Å². The van der Waals surface area contributed by atoms with E-state index in [1.807, 2.05) is 24.3 Å². The Balaban J connectivity index is 2.25. The summed E-state index contributed by atoms with van der Waals surface area (Å²) in [6, 6.07) is 7.47. The minimum Gasteiger partial charge on any atom is -0.467 e. The molecule has 4 heteroatoms. The van der Waals surface area contributed by atoms with E-state index < -0.39 is 5.54 Å². The summed E-state index contributed by atoms with van der Waals surface area (Å²) in [5.41, 5.74) is 0.554. The van der Waals surface area contributed by atoms with E-state index in [4.69, 9.17) is 16.3 Å². The smallest absolute Gasteiger partial charge is 0.331 e. The SMILES string of the molecule is COC(=O)C1(Nc2ccc(Cl)cc2)CCCC(C)(C)CC1. The largest absolute Gasteiger partial charge is 0.467 e. The molecule has 1 N–H and O–H groups in total. The Morgan fingerprint density at radius 3 is 2.43 bits per heavy atom. The molecule has 0 saturated heterocycles. The molecule has 1 aromatic carbocycles.